The number of ether oxygens (including phenoxy) is 2. The Morgan fingerprint density at radius 3 is 2.58 bits per heavy atom. The van der Waals surface area contributed by atoms with E-state index in [9.17, 15) is 14.4 Å². The van der Waals surface area contributed by atoms with E-state index in [4.69, 9.17) is 9.47 Å². The van der Waals surface area contributed by atoms with Crippen molar-refractivity contribution >= 4 is 23.5 Å². The molecule has 0 aromatic heterocycles. The van der Waals surface area contributed by atoms with E-state index in [2.05, 4.69) is 10.6 Å². The van der Waals surface area contributed by atoms with Gasteiger partial charge in [-0.3, -0.25) is 9.59 Å². The van der Waals surface area contributed by atoms with E-state index in [-0.39, 0.29) is 11.9 Å². The summed E-state index contributed by atoms with van der Waals surface area (Å²) in [6.07, 6.45) is 5.07. The highest BCUT2D eigenvalue weighted by Crippen LogP contribution is 2.20. The van der Waals surface area contributed by atoms with Gasteiger partial charge in [0.15, 0.2) is 12.7 Å². The molecule has 7 nitrogen and oxygen atoms in total. The van der Waals surface area contributed by atoms with Crippen molar-refractivity contribution in [2.45, 2.75) is 50.7 Å². The van der Waals surface area contributed by atoms with Crippen molar-refractivity contribution in [3.05, 3.63) is 29.8 Å². The molecular formula is C19H24N2O5. The Labute approximate surface area is 152 Å². The number of carbonyl (C=O) groups is 3. The predicted octanol–water partition coefficient (Wildman–Crippen LogP) is 2.02. The van der Waals surface area contributed by atoms with Gasteiger partial charge in [-0.1, -0.05) is 25.0 Å². The number of esters is 1. The molecule has 0 radical (unpaired) electrons. The number of amides is 2. The van der Waals surface area contributed by atoms with Crippen molar-refractivity contribution in [2.24, 2.45) is 0 Å². The zero-order chi connectivity index (χ0) is 18.4. The first-order valence-corrected chi connectivity index (χ1v) is 9.11. The molecule has 2 aliphatic rings. The number of hydrogen-bond donors (Lipinski definition) is 2. The highest BCUT2D eigenvalue weighted by molar-refractivity contribution is 6.04. The molecule has 3 rings (SSSR count). The standard InChI is InChI=1S/C19H24N2O5/c22-17(12-26-19(24)16-10-5-11-25-16)21-15-9-4-3-8-14(15)18(23)20-13-6-1-2-7-13/h3-4,8-9,13,16H,1-2,5-7,10-12H2,(H,20,23)(H,21,22)/t16-/m0/s1. The van der Waals surface area contributed by atoms with Crippen LogP contribution in [0.5, 0.6) is 0 Å². The van der Waals surface area contributed by atoms with E-state index in [1.807, 2.05) is 0 Å². The fourth-order valence-electron chi connectivity index (χ4n) is 3.30. The van der Waals surface area contributed by atoms with Crippen molar-refractivity contribution in [1.82, 2.24) is 5.32 Å². The lowest BCUT2D eigenvalue weighted by Crippen LogP contribution is -2.33. The molecule has 140 valence electrons. The maximum absolute atomic E-state index is 12.5. The van der Waals surface area contributed by atoms with Gasteiger partial charge in [-0.2, -0.15) is 0 Å². The van der Waals surface area contributed by atoms with Crippen LogP contribution in [0.4, 0.5) is 5.69 Å². The molecule has 2 N–H and O–H groups in total. The van der Waals surface area contributed by atoms with Gasteiger partial charge in [-0.05, 0) is 37.8 Å². The van der Waals surface area contributed by atoms with Crippen molar-refractivity contribution in [3.8, 4) is 0 Å². The molecule has 1 heterocycles. The van der Waals surface area contributed by atoms with Crippen molar-refractivity contribution in [2.75, 3.05) is 18.5 Å². The number of carbonyl (C=O) groups excluding carboxylic acids is 3. The Balaban J connectivity index is 1.54. The summed E-state index contributed by atoms with van der Waals surface area (Å²) < 4.78 is 10.2. The van der Waals surface area contributed by atoms with Crippen molar-refractivity contribution < 1.29 is 23.9 Å². The molecule has 7 heteroatoms. The summed E-state index contributed by atoms with van der Waals surface area (Å²) in [5, 5.41) is 5.65. The Kier molecular flexibility index (Phi) is 6.22. The lowest BCUT2D eigenvalue weighted by Gasteiger charge is -2.15. The number of anilines is 1. The molecule has 0 spiro atoms. The SMILES string of the molecule is O=C(COC(=O)[C@@H]1CCCO1)Nc1ccccc1C(=O)NC1CCCC1. The van der Waals surface area contributed by atoms with Crippen molar-refractivity contribution in [3.63, 3.8) is 0 Å². The summed E-state index contributed by atoms with van der Waals surface area (Å²) >= 11 is 0. The number of rotatable bonds is 6. The maximum atomic E-state index is 12.5. The molecule has 1 saturated carbocycles. The van der Waals surface area contributed by atoms with Gasteiger partial charge in [-0.15, -0.1) is 0 Å². The second kappa shape index (κ2) is 8.80. The average molecular weight is 360 g/mol. The lowest BCUT2D eigenvalue weighted by molar-refractivity contribution is -0.156. The topological polar surface area (TPSA) is 93.7 Å². The second-order valence-corrected chi connectivity index (χ2v) is 6.66. The minimum absolute atomic E-state index is 0.193. The molecule has 1 aromatic carbocycles. The van der Waals surface area contributed by atoms with Gasteiger partial charge < -0.3 is 20.1 Å². The van der Waals surface area contributed by atoms with Crippen LogP contribution in [0.1, 0.15) is 48.9 Å². The zero-order valence-corrected chi connectivity index (χ0v) is 14.7. The summed E-state index contributed by atoms with van der Waals surface area (Å²) in [6, 6.07) is 7.00. The molecule has 0 bridgehead atoms. The van der Waals surface area contributed by atoms with Gasteiger partial charge in [0, 0.05) is 12.6 Å². The smallest absolute Gasteiger partial charge is 0.335 e. The second-order valence-electron chi connectivity index (χ2n) is 6.66. The van der Waals surface area contributed by atoms with Gasteiger partial charge in [0.2, 0.25) is 0 Å². The lowest BCUT2D eigenvalue weighted by atomic mass is 10.1. The van der Waals surface area contributed by atoms with E-state index in [1.54, 1.807) is 24.3 Å². The Morgan fingerprint density at radius 1 is 1.08 bits per heavy atom. The van der Waals surface area contributed by atoms with E-state index >= 15 is 0 Å². The number of para-hydroxylation sites is 1. The average Bonchev–Trinajstić information content (AvgIpc) is 3.34. The van der Waals surface area contributed by atoms with E-state index in [1.165, 1.54) is 0 Å². The summed E-state index contributed by atoms with van der Waals surface area (Å²) in [7, 11) is 0. The number of hydrogen-bond acceptors (Lipinski definition) is 5. The first-order valence-electron chi connectivity index (χ1n) is 9.11. The van der Waals surface area contributed by atoms with E-state index < -0.39 is 24.6 Å². The Morgan fingerprint density at radius 2 is 1.85 bits per heavy atom. The highest BCUT2D eigenvalue weighted by atomic mass is 16.6. The molecule has 1 aliphatic carbocycles. The van der Waals surface area contributed by atoms with Crippen LogP contribution >= 0.6 is 0 Å². The van der Waals surface area contributed by atoms with Gasteiger partial charge in [0.1, 0.15) is 0 Å². The molecule has 1 atom stereocenters. The van der Waals surface area contributed by atoms with Crippen LogP contribution in [-0.2, 0) is 19.1 Å². The molecule has 2 amide bonds. The fraction of sp³-hybridized carbons (Fsp3) is 0.526. The predicted molar refractivity (Wildman–Crippen MR) is 94.7 cm³/mol. The van der Waals surface area contributed by atoms with Crippen LogP contribution in [0, 0.1) is 0 Å². The maximum Gasteiger partial charge on any atom is 0.335 e. The highest BCUT2D eigenvalue weighted by Gasteiger charge is 2.26. The zero-order valence-electron chi connectivity index (χ0n) is 14.7. The summed E-state index contributed by atoms with van der Waals surface area (Å²) in [6.45, 7) is 0.132. The van der Waals surface area contributed by atoms with Crippen LogP contribution in [0.2, 0.25) is 0 Å². The summed E-state index contributed by atoms with van der Waals surface area (Å²) in [5.41, 5.74) is 0.805. The first-order chi connectivity index (χ1) is 12.6. The van der Waals surface area contributed by atoms with Crippen LogP contribution < -0.4 is 10.6 Å². The molecule has 26 heavy (non-hydrogen) atoms. The van der Waals surface area contributed by atoms with Crippen LogP contribution in [0.15, 0.2) is 24.3 Å². The van der Waals surface area contributed by atoms with Gasteiger partial charge in [0.05, 0.1) is 11.3 Å². The number of benzene rings is 1. The molecule has 1 saturated heterocycles. The quantitative estimate of drug-likeness (QED) is 0.757. The van der Waals surface area contributed by atoms with Crippen LogP contribution in [-0.4, -0.2) is 43.1 Å². The van der Waals surface area contributed by atoms with Crippen molar-refractivity contribution in [1.29, 1.82) is 0 Å². The summed E-state index contributed by atoms with van der Waals surface area (Å²) in [5.74, 6) is -1.22. The normalized spacial score (nSPS) is 19.9. The largest absolute Gasteiger partial charge is 0.454 e. The molecular weight excluding hydrogens is 336 g/mol. The first kappa shape index (κ1) is 18.4. The van der Waals surface area contributed by atoms with Gasteiger partial charge in [0.25, 0.3) is 11.8 Å². The van der Waals surface area contributed by atoms with Gasteiger partial charge in [-0.25, -0.2) is 4.79 Å². The monoisotopic (exact) mass is 360 g/mol. The Bertz CT molecular complexity index is 664. The van der Waals surface area contributed by atoms with Gasteiger partial charge >= 0.3 is 5.97 Å². The molecule has 0 unspecified atom stereocenters. The molecule has 1 aliphatic heterocycles. The third-order valence-corrected chi connectivity index (χ3v) is 4.67. The minimum atomic E-state index is -0.577. The van der Waals surface area contributed by atoms with Crippen LogP contribution in [0.25, 0.3) is 0 Å². The molecule has 1 aromatic rings. The summed E-state index contributed by atoms with van der Waals surface area (Å²) in [4.78, 5) is 36.3. The Hall–Kier alpha value is -2.41. The van der Waals surface area contributed by atoms with E-state index in [0.29, 0.717) is 24.3 Å². The third-order valence-electron chi connectivity index (χ3n) is 4.67. The molecule has 2 fully saturated rings. The number of nitrogens with one attached hydrogen (secondary N) is 2. The minimum Gasteiger partial charge on any atom is -0.454 e. The fourth-order valence-corrected chi connectivity index (χ4v) is 3.30. The van der Waals surface area contributed by atoms with Crippen LogP contribution in [0.3, 0.4) is 0 Å². The third kappa shape index (κ3) is 4.82. The van der Waals surface area contributed by atoms with E-state index in [0.717, 1.165) is 32.1 Å².